The van der Waals surface area contributed by atoms with E-state index in [0.717, 1.165) is 33.9 Å². The topological polar surface area (TPSA) is 33.5 Å². The average Bonchev–Trinajstić information content (AvgIpc) is 3.59. The SMILES string of the molecule is CN1[CH-]N(c2[c-]c(Oc3[c-]c(-n4cc(C(C)(C)c5ccccc5)cn4)ccc3)cc(C(C)(C)C)c2)c2ccccc21.[Pt]. The van der Waals surface area contributed by atoms with Crippen LogP contribution in [0.15, 0.2) is 97.3 Å². The molecule has 1 aliphatic rings. The Morgan fingerprint density at radius 3 is 2.14 bits per heavy atom. The van der Waals surface area contributed by atoms with Gasteiger partial charge in [0.1, 0.15) is 0 Å². The van der Waals surface area contributed by atoms with Gasteiger partial charge in [-0.15, -0.1) is 47.6 Å². The maximum absolute atomic E-state index is 6.43. The minimum atomic E-state index is -0.175. The normalized spacial score (nSPS) is 13.1. The molecule has 0 bridgehead atoms. The van der Waals surface area contributed by atoms with E-state index in [-0.39, 0.29) is 31.9 Å². The van der Waals surface area contributed by atoms with Crippen LogP contribution in [0.1, 0.15) is 51.3 Å². The Morgan fingerprint density at radius 2 is 1.40 bits per heavy atom. The van der Waals surface area contributed by atoms with Gasteiger partial charge in [-0.25, -0.2) is 0 Å². The third-order valence-corrected chi connectivity index (χ3v) is 7.79. The van der Waals surface area contributed by atoms with E-state index >= 15 is 0 Å². The molecule has 0 fully saturated rings. The molecule has 4 aromatic carbocycles. The van der Waals surface area contributed by atoms with Crippen LogP contribution >= 0.6 is 0 Å². The third-order valence-electron chi connectivity index (χ3n) is 7.79. The summed E-state index contributed by atoms with van der Waals surface area (Å²) in [4.78, 5) is 4.29. The van der Waals surface area contributed by atoms with Crippen LogP contribution in [-0.2, 0) is 31.9 Å². The first-order chi connectivity index (χ1) is 19.6. The quantitative estimate of drug-likeness (QED) is 0.164. The van der Waals surface area contributed by atoms with Crippen LogP contribution < -0.4 is 14.5 Å². The summed E-state index contributed by atoms with van der Waals surface area (Å²) in [5.41, 5.74) is 7.30. The molecule has 5 nitrogen and oxygen atoms in total. The van der Waals surface area contributed by atoms with Gasteiger partial charge in [-0.2, -0.15) is 17.8 Å². The number of hydrogen-bond acceptors (Lipinski definition) is 4. The molecule has 1 aliphatic heterocycles. The Labute approximate surface area is 264 Å². The van der Waals surface area contributed by atoms with Gasteiger partial charge in [-0.3, -0.25) is 4.68 Å². The molecule has 0 N–H and O–H groups in total. The number of para-hydroxylation sites is 2. The average molecular weight is 735 g/mol. The van der Waals surface area contributed by atoms with Crippen LogP contribution in [0.25, 0.3) is 5.69 Å². The second-order valence-corrected chi connectivity index (χ2v) is 12.1. The minimum Gasteiger partial charge on any atom is -0.509 e. The van der Waals surface area contributed by atoms with Crippen molar-refractivity contribution < 1.29 is 25.8 Å². The molecule has 0 saturated heterocycles. The molecule has 0 amide bonds. The summed E-state index contributed by atoms with van der Waals surface area (Å²) < 4.78 is 8.29. The number of ether oxygens (including phenoxy) is 1. The number of benzene rings is 4. The van der Waals surface area contributed by atoms with Crippen LogP contribution in [0, 0.1) is 18.8 Å². The second kappa shape index (κ2) is 11.5. The van der Waals surface area contributed by atoms with Crippen LogP contribution in [0.2, 0.25) is 0 Å². The third kappa shape index (κ3) is 5.76. The molecular formula is C36H35N4OPt-3. The van der Waals surface area contributed by atoms with Crippen molar-refractivity contribution >= 4 is 17.1 Å². The molecule has 0 saturated carbocycles. The number of aromatic nitrogens is 2. The van der Waals surface area contributed by atoms with E-state index in [2.05, 4.69) is 142 Å². The van der Waals surface area contributed by atoms with Crippen LogP contribution in [-0.4, -0.2) is 16.8 Å². The van der Waals surface area contributed by atoms with E-state index in [4.69, 9.17) is 4.74 Å². The Balaban J connectivity index is 0.00000353. The summed E-state index contributed by atoms with van der Waals surface area (Å²) in [6.07, 6.45) is 4.01. The van der Waals surface area contributed by atoms with Crippen LogP contribution in [0.4, 0.5) is 17.1 Å². The predicted octanol–water partition coefficient (Wildman–Crippen LogP) is 8.59. The zero-order valence-electron chi connectivity index (χ0n) is 24.8. The first-order valence-corrected chi connectivity index (χ1v) is 13.9. The fourth-order valence-electron chi connectivity index (χ4n) is 5.15. The second-order valence-electron chi connectivity index (χ2n) is 12.1. The molecule has 6 heteroatoms. The maximum Gasteiger partial charge on any atom is 0.0534 e. The number of hydrogen-bond donors (Lipinski definition) is 0. The minimum absolute atomic E-state index is 0. The zero-order valence-corrected chi connectivity index (χ0v) is 27.1. The van der Waals surface area contributed by atoms with Gasteiger partial charge in [-0.1, -0.05) is 77.1 Å². The molecule has 0 spiro atoms. The van der Waals surface area contributed by atoms with Gasteiger partial charge in [0.25, 0.3) is 0 Å². The first-order valence-electron chi connectivity index (χ1n) is 13.9. The molecular weight excluding hydrogens is 700 g/mol. The molecule has 0 radical (unpaired) electrons. The van der Waals surface area contributed by atoms with Crippen molar-refractivity contribution in [1.82, 2.24) is 9.78 Å². The molecule has 5 aromatic rings. The van der Waals surface area contributed by atoms with Gasteiger partial charge < -0.3 is 14.5 Å². The molecule has 1 aromatic heterocycles. The Kier molecular flexibility index (Phi) is 8.09. The fourth-order valence-corrected chi connectivity index (χ4v) is 5.15. The van der Waals surface area contributed by atoms with Crippen LogP contribution in [0.3, 0.4) is 0 Å². The molecule has 6 rings (SSSR count). The van der Waals surface area contributed by atoms with Gasteiger partial charge in [-0.05, 0) is 35.8 Å². The molecule has 42 heavy (non-hydrogen) atoms. The van der Waals surface area contributed by atoms with Gasteiger partial charge in [0, 0.05) is 61.1 Å². The summed E-state index contributed by atoms with van der Waals surface area (Å²) in [5, 5.41) is 4.67. The van der Waals surface area contributed by atoms with Gasteiger partial charge in [0.15, 0.2) is 0 Å². The largest absolute Gasteiger partial charge is 0.509 e. The number of rotatable bonds is 6. The van der Waals surface area contributed by atoms with Crippen molar-refractivity contribution in [2.45, 2.75) is 45.4 Å². The van der Waals surface area contributed by atoms with E-state index in [0.29, 0.717) is 11.5 Å². The summed E-state index contributed by atoms with van der Waals surface area (Å²) in [5.74, 6) is 1.26. The van der Waals surface area contributed by atoms with Crippen LogP contribution in [0.5, 0.6) is 11.5 Å². The molecule has 0 atom stereocenters. The fraction of sp³-hybridized carbons (Fsp3) is 0.222. The van der Waals surface area contributed by atoms with E-state index in [9.17, 15) is 0 Å². The molecule has 0 unspecified atom stereocenters. The zero-order chi connectivity index (χ0) is 28.8. The van der Waals surface area contributed by atoms with Crippen molar-refractivity contribution in [3.8, 4) is 17.2 Å². The summed E-state index contributed by atoms with van der Waals surface area (Å²) in [7, 11) is 2.06. The van der Waals surface area contributed by atoms with Crippen molar-refractivity contribution in [2.75, 3.05) is 16.8 Å². The van der Waals surface area contributed by atoms with Crippen molar-refractivity contribution in [1.29, 1.82) is 0 Å². The summed E-state index contributed by atoms with van der Waals surface area (Å²) in [6.45, 7) is 13.2. The van der Waals surface area contributed by atoms with Gasteiger partial charge in [0.2, 0.25) is 0 Å². The summed E-state index contributed by atoms with van der Waals surface area (Å²) >= 11 is 0. The van der Waals surface area contributed by atoms with Gasteiger partial charge >= 0.3 is 0 Å². The van der Waals surface area contributed by atoms with E-state index in [1.54, 1.807) is 0 Å². The first kappa shape index (κ1) is 29.7. The molecule has 218 valence electrons. The van der Waals surface area contributed by atoms with E-state index in [1.807, 2.05) is 35.1 Å². The van der Waals surface area contributed by atoms with Crippen molar-refractivity contribution in [3.63, 3.8) is 0 Å². The number of anilines is 3. The Hall–Kier alpha value is -3.82. The Bertz CT molecular complexity index is 1690. The molecule has 2 heterocycles. The van der Waals surface area contributed by atoms with E-state index < -0.39 is 0 Å². The smallest absolute Gasteiger partial charge is 0.0534 e. The van der Waals surface area contributed by atoms with E-state index in [1.165, 1.54) is 5.56 Å². The molecule has 0 aliphatic carbocycles. The predicted molar refractivity (Wildman–Crippen MR) is 166 cm³/mol. The Morgan fingerprint density at radius 1 is 0.714 bits per heavy atom. The summed E-state index contributed by atoms with van der Waals surface area (Å²) in [6, 6.07) is 36.0. The van der Waals surface area contributed by atoms with Gasteiger partial charge in [0.05, 0.1) is 6.20 Å². The standard InChI is InChI=1S/C36H35N4O.Pt/c1-35(2,3)27-19-30(39-25-38(6)33-17-10-11-18-34(33)39)22-32(20-27)41-31-16-12-15-29(21-31)40-24-28(23-37-40)36(4,5)26-13-8-7-9-14-26;/h7-20,23-25H,1-6H3;/q-3;. The van der Waals surface area contributed by atoms with Crippen molar-refractivity contribution in [2.24, 2.45) is 0 Å². The maximum atomic E-state index is 6.43. The number of fused-ring (bicyclic) bond motifs is 1. The van der Waals surface area contributed by atoms with Crippen molar-refractivity contribution in [3.05, 3.63) is 133 Å². The number of nitrogens with zero attached hydrogens (tertiary/aromatic N) is 4. The monoisotopic (exact) mass is 734 g/mol.